The van der Waals surface area contributed by atoms with Gasteiger partial charge in [0.05, 0.1) is 16.8 Å². The molecule has 0 saturated carbocycles. The SMILES string of the molecule is COCCCOCCOc1c(N)cccc1Br. The molecule has 1 aromatic carbocycles. The van der Waals surface area contributed by atoms with Crippen LogP contribution in [0.25, 0.3) is 0 Å². The fourth-order valence-electron chi connectivity index (χ4n) is 1.29. The van der Waals surface area contributed by atoms with Crippen molar-refractivity contribution in [1.82, 2.24) is 0 Å². The van der Waals surface area contributed by atoms with E-state index in [4.69, 9.17) is 19.9 Å². The molecule has 4 nitrogen and oxygen atoms in total. The predicted octanol–water partition coefficient (Wildman–Crippen LogP) is 2.46. The molecule has 2 N–H and O–H groups in total. The number of halogens is 1. The van der Waals surface area contributed by atoms with E-state index in [2.05, 4.69) is 15.9 Å². The fourth-order valence-corrected chi connectivity index (χ4v) is 1.78. The van der Waals surface area contributed by atoms with E-state index < -0.39 is 0 Å². The number of rotatable bonds is 8. The first-order chi connectivity index (χ1) is 8.25. The summed E-state index contributed by atoms with van der Waals surface area (Å²) in [5, 5.41) is 0. The number of anilines is 1. The van der Waals surface area contributed by atoms with Crippen LogP contribution in [0.4, 0.5) is 5.69 Å². The minimum absolute atomic E-state index is 0.486. The third kappa shape index (κ3) is 5.39. The van der Waals surface area contributed by atoms with E-state index >= 15 is 0 Å². The Kier molecular flexibility index (Phi) is 7.00. The van der Waals surface area contributed by atoms with E-state index in [0.717, 1.165) is 17.5 Å². The number of hydrogen-bond acceptors (Lipinski definition) is 4. The maximum absolute atomic E-state index is 5.79. The van der Waals surface area contributed by atoms with Crippen LogP contribution >= 0.6 is 15.9 Å². The number of para-hydroxylation sites is 1. The van der Waals surface area contributed by atoms with Crippen molar-refractivity contribution >= 4 is 21.6 Å². The first-order valence-electron chi connectivity index (χ1n) is 5.49. The van der Waals surface area contributed by atoms with Gasteiger partial charge in [-0.05, 0) is 34.5 Å². The Morgan fingerprint density at radius 2 is 2.00 bits per heavy atom. The highest BCUT2D eigenvalue weighted by Crippen LogP contribution is 2.30. The molecule has 0 saturated heterocycles. The highest BCUT2D eigenvalue weighted by molar-refractivity contribution is 9.10. The standard InChI is InChI=1S/C12H18BrNO3/c1-15-6-3-7-16-8-9-17-12-10(13)4-2-5-11(12)14/h2,4-5H,3,6-9,14H2,1H3. The molecule has 17 heavy (non-hydrogen) atoms. The number of nitrogens with two attached hydrogens (primary N) is 1. The van der Waals surface area contributed by atoms with Crippen molar-refractivity contribution in [2.75, 3.05) is 39.3 Å². The maximum atomic E-state index is 5.79. The summed E-state index contributed by atoms with van der Waals surface area (Å²) >= 11 is 3.39. The summed E-state index contributed by atoms with van der Waals surface area (Å²) in [5.74, 6) is 0.674. The Bertz CT molecular complexity index is 313. The molecule has 1 aromatic rings. The average Bonchev–Trinajstić information content (AvgIpc) is 2.31. The van der Waals surface area contributed by atoms with Crippen LogP contribution in [-0.4, -0.2) is 33.5 Å². The summed E-state index contributed by atoms with van der Waals surface area (Å²) < 4.78 is 16.7. The van der Waals surface area contributed by atoms with E-state index in [0.29, 0.717) is 31.3 Å². The van der Waals surface area contributed by atoms with Crippen LogP contribution in [0.15, 0.2) is 22.7 Å². The van der Waals surface area contributed by atoms with Crippen LogP contribution in [-0.2, 0) is 9.47 Å². The predicted molar refractivity (Wildman–Crippen MR) is 71.4 cm³/mol. The van der Waals surface area contributed by atoms with Crippen molar-refractivity contribution in [3.8, 4) is 5.75 Å². The van der Waals surface area contributed by atoms with Gasteiger partial charge in [0, 0.05) is 20.3 Å². The molecule has 0 bridgehead atoms. The number of methoxy groups -OCH3 is 1. The Labute approximate surface area is 110 Å². The normalized spacial score (nSPS) is 10.5. The lowest BCUT2D eigenvalue weighted by molar-refractivity contribution is 0.0806. The molecular weight excluding hydrogens is 286 g/mol. The molecule has 5 heteroatoms. The molecule has 0 fully saturated rings. The molecule has 0 unspecified atom stereocenters. The van der Waals surface area contributed by atoms with Gasteiger partial charge in [0.1, 0.15) is 6.61 Å². The molecule has 1 rings (SSSR count). The number of nitrogen functional groups attached to an aromatic ring is 1. The van der Waals surface area contributed by atoms with Gasteiger partial charge in [0.15, 0.2) is 5.75 Å². The molecule has 0 amide bonds. The zero-order chi connectivity index (χ0) is 12.5. The molecular formula is C12H18BrNO3. The highest BCUT2D eigenvalue weighted by atomic mass is 79.9. The van der Waals surface area contributed by atoms with Gasteiger partial charge in [-0.3, -0.25) is 0 Å². The summed E-state index contributed by atoms with van der Waals surface area (Å²) in [5.41, 5.74) is 6.41. The van der Waals surface area contributed by atoms with Gasteiger partial charge < -0.3 is 19.9 Å². The molecule has 0 spiro atoms. The highest BCUT2D eigenvalue weighted by Gasteiger charge is 2.04. The minimum atomic E-state index is 0.486. The van der Waals surface area contributed by atoms with Crippen molar-refractivity contribution in [2.45, 2.75) is 6.42 Å². The van der Waals surface area contributed by atoms with E-state index in [9.17, 15) is 0 Å². The van der Waals surface area contributed by atoms with Crippen LogP contribution in [0, 0.1) is 0 Å². The van der Waals surface area contributed by atoms with E-state index in [1.165, 1.54) is 0 Å². The molecule has 0 atom stereocenters. The quantitative estimate of drug-likeness (QED) is 0.592. The van der Waals surface area contributed by atoms with Gasteiger partial charge in [0.2, 0.25) is 0 Å². The molecule has 0 aliphatic heterocycles. The van der Waals surface area contributed by atoms with Gasteiger partial charge >= 0.3 is 0 Å². The maximum Gasteiger partial charge on any atom is 0.156 e. The second-order valence-corrected chi connectivity index (χ2v) is 4.32. The van der Waals surface area contributed by atoms with Gasteiger partial charge in [-0.2, -0.15) is 0 Å². The summed E-state index contributed by atoms with van der Waals surface area (Å²) in [7, 11) is 1.68. The number of benzene rings is 1. The van der Waals surface area contributed by atoms with Gasteiger partial charge in [-0.1, -0.05) is 6.07 Å². The first kappa shape index (κ1) is 14.3. The van der Waals surface area contributed by atoms with E-state index in [-0.39, 0.29) is 0 Å². The summed E-state index contributed by atoms with van der Waals surface area (Å²) in [6.45, 7) is 2.44. The van der Waals surface area contributed by atoms with Crippen molar-refractivity contribution in [3.05, 3.63) is 22.7 Å². The smallest absolute Gasteiger partial charge is 0.156 e. The van der Waals surface area contributed by atoms with Gasteiger partial charge in [-0.25, -0.2) is 0 Å². The molecule has 0 aliphatic carbocycles. The Morgan fingerprint density at radius 3 is 2.71 bits per heavy atom. The molecule has 0 heterocycles. The molecule has 96 valence electrons. The third-order valence-electron chi connectivity index (χ3n) is 2.11. The van der Waals surface area contributed by atoms with Crippen molar-refractivity contribution in [1.29, 1.82) is 0 Å². The van der Waals surface area contributed by atoms with E-state index in [1.807, 2.05) is 12.1 Å². The molecule has 0 radical (unpaired) electrons. The van der Waals surface area contributed by atoms with E-state index in [1.54, 1.807) is 13.2 Å². The van der Waals surface area contributed by atoms with Crippen molar-refractivity contribution in [2.24, 2.45) is 0 Å². The van der Waals surface area contributed by atoms with Crippen LogP contribution < -0.4 is 10.5 Å². The zero-order valence-electron chi connectivity index (χ0n) is 9.95. The van der Waals surface area contributed by atoms with Gasteiger partial charge in [-0.15, -0.1) is 0 Å². The van der Waals surface area contributed by atoms with Crippen LogP contribution in [0.1, 0.15) is 6.42 Å². The van der Waals surface area contributed by atoms with Crippen LogP contribution in [0.5, 0.6) is 5.75 Å². The Hall–Kier alpha value is -0.780. The number of ether oxygens (including phenoxy) is 3. The lowest BCUT2D eigenvalue weighted by Gasteiger charge is -2.10. The second kappa shape index (κ2) is 8.33. The third-order valence-corrected chi connectivity index (χ3v) is 2.73. The lowest BCUT2D eigenvalue weighted by Crippen LogP contribution is -2.09. The first-order valence-corrected chi connectivity index (χ1v) is 6.28. The monoisotopic (exact) mass is 303 g/mol. The Morgan fingerprint density at radius 1 is 1.18 bits per heavy atom. The van der Waals surface area contributed by atoms with Gasteiger partial charge in [0.25, 0.3) is 0 Å². The zero-order valence-corrected chi connectivity index (χ0v) is 11.5. The second-order valence-electron chi connectivity index (χ2n) is 3.47. The molecule has 0 aliphatic rings. The van der Waals surface area contributed by atoms with Crippen molar-refractivity contribution in [3.63, 3.8) is 0 Å². The summed E-state index contributed by atoms with van der Waals surface area (Å²) in [6, 6.07) is 5.57. The lowest BCUT2D eigenvalue weighted by atomic mass is 10.3. The van der Waals surface area contributed by atoms with Crippen LogP contribution in [0.2, 0.25) is 0 Å². The fraction of sp³-hybridized carbons (Fsp3) is 0.500. The summed E-state index contributed by atoms with van der Waals surface area (Å²) in [6.07, 6.45) is 0.896. The summed E-state index contributed by atoms with van der Waals surface area (Å²) in [4.78, 5) is 0. The van der Waals surface area contributed by atoms with Crippen molar-refractivity contribution < 1.29 is 14.2 Å². The Balaban J connectivity index is 2.18. The minimum Gasteiger partial charge on any atom is -0.488 e. The largest absolute Gasteiger partial charge is 0.488 e. The topological polar surface area (TPSA) is 53.7 Å². The average molecular weight is 304 g/mol. The van der Waals surface area contributed by atoms with Crippen LogP contribution in [0.3, 0.4) is 0 Å². The number of hydrogen-bond donors (Lipinski definition) is 1. The molecule has 0 aromatic heterocycles.